The molecule has 0 bridgehead atoms. The SMILES string of the molecule is CCOc1cccc(CNCc2ncc(C)o2)c1. The average molecular weight is 246 g/mol. The van der Waals surface area contributed by atoms with E-state index in [1.165, 1.54) is 5.56 Å². The molecule has 96 valence electrons. The number of aryl methyl sites for hydroxylation is 1. The lowest BCUT2D eigenvalue weighted by Crippen LogP contribution is -2.12. The minimum absolute atomic E-state index is 0.632. The fourth-order valence-electron chi connectivity index (χ4n) is 1.71. The van der Waals surface area contributed by atoms with Gasteiger partial charge in [0.25, 0.3) is 0 Å². The van der Waals surface area contributed by atoms with Gasteiger partial charge in [-0.05, 0) is 31.5 Å². The molecule has 1 aromatic carbocycles. The Kier molecular flexibility index (Phi) is 4.36. The van der Waals surface area contributed by atoms with Gasteiger partial charge in [-0.2, -0.15) is 0 Å². The minimum Gasteiger partial charge on any atom is -0.494 e. The third-order valence-corrected chi connectivity index (χ3v) is 2.48. The van der Waals surface area contributed by atoms with Crippen molar-refractivity contribution in [3.8, 4) is 5.75 Å². The van der Waals surface area contributed by atoms with Gasteiger partial charge in [-0.3, -0.25) is 0 Å². The van der Waals surface area contributed by atoms with Gasteiger partial charge in [-0.1, -0.05) is 12.1 Å². The highest BCUT2D eigenvalue weighted by Crippen LogP contribution is 2.13. The molecule has 1 aromatic heterocycles. The van der Waals surface area contributed by atoms with Gasteiger partial charge in [0.2, 0.25) is 5.89 Å². The lowest BCUT2D eigenvalue weighted by atomic mass is 10.2. The largest absolute Gasteiger partial charge is 0.494 e. The number of hydrogen-bond donors (Lipinski definition) is 1. The zero-order valence-corrected chi connectivity index (χ0v) is 10.8. The van der Waals surface area contributed by atoms with Crippen LogP contribution < -0.4 is 10.1 Å². The van der Waals surface area contributed by atoms with Gasteiger partial charge >= 0.3 is 0 Å². The van der Waals surface area contributed by atoms with E-state index < -0.39 is 0 Å². The van der Waals surface area contributed by atoms with E-state index in [2.05, 4.69) is 16.4 Å². The van der Waals surface area contributed by atoms with Crippen molar-refractivity contribution in [2.45, 2.75) is 26.9 Å². The van der Waals surface area contributed by atoms with Gasteiger partial charge in [0, 0.05) is 6.54 Å². The first-order valence-electron chi connectivity index (χ1n) is 6.11. The molecule has 0 spiro atoms. The van der Waals surface area contributed by atoms with Crippen molar-refractivity contribution in [3.05, 3.63) is 47.7 Å². The summed E-state index contributed by atoms with van der Waals surface area (Å²) in [5, 5.41) is 3.29. The molecule has 0 aliphatic heterocycles. The Morgan fingerprint density at radius 1 is 1.33 bits per heavy atom. The van der Waals surface area contributed by atoms with Crippen molar-refractivity contribution in [2.24, 2.45) is 0 Å². The summed E-state index contributed by atoms with van der Waals surface area (Å²) in [6.45, 7) is 5.96. The van der Waals surface area contributed by atoms with Crippen LogP contribution in [0.3, 0.4) is 0 Å². The molecule has 2 rings (SSSR count). The van der Waals surface area contributed by atoms with Gasteiger partial charge in [-0.15, -0.1) is 0 Å². The molecule has 0 aliphatic carbocycles. The van der Waals surface area contributed by atoms with Crippen LogP contribution in [0.4, 0.5) is 0 Å². The van der Waals surface area contributed by atoms with E-state index in [9.17, 15) is 0 Å². The predicted octanol–water partition coefficient (Wildman–Crippen LogP) is 2.67. The van der Waals surface area contributed by atoms with Crippen molar-refractivity contribution in [3.63, 3.8) is 0 Å². The first kappa shape index (κ1) is 12.6. The zero-order chi connectivity index (χ0) is 12.8. The van der Waals surface area contributed by atoms with Crippen LogP contribution in [0.2, 0.25) is 0 Å². The molecular weight excluding hydrogens is 228 g/mol. The molecule has 1 N–H and O–H groups in total. The Morgan fingerprint density at radius 2 is 2.22 bits per heavy atom. The zero-order valence-electron chi connectivity index (χ0n) is 10.8. The maximum absolute atomic E-state index is 5.46. The van der Waals surface area contributed by atoms with E-state index in [-0.39, 0.29) is 0 Å². The van der Waals surface area contributed by atoms with Crippen LogP contribution >= 0.6 is 0 Å². The molecule has 0 saturated heterocycles. The third-order valence-electron chi connectivity index (χ3n) is 2.48. The second kappa shape index (κ2) is 6.21. The number of hydrogen-bond acceptors (Lipinski definition) is 4. The molecule has 0 atom stereocenters. The molecule has 0 aliphatic rings. The van der Waals surface area contributed by atoms with Gasteiger partial charge in [0.05, 0.1) is 19.3 Å². The number of aromatic nitrogens is 1. The second-order valence-corrected chi connectivity index (χ2v) is 4.05. The lowest BCUT2D eigenvalue weighted by Gasteiger charge is -2.06. The van der Waals surface area contributed by atoms with Gasteiger partial charge in [-0.25, -0.2) is 4.98 Å². The number of ether oxygens (including phenoxy) is 1. The van der Waals surface area contributed by atoms with Crippen molar-refractivity contribution in [2.75, 3.05) is 6.61 Å². The van der Waals surface area contributed by atoms with Crippen molar-refractivity contribution in [1.82, 2.24) is 10.3 Å². The van der Waals surface area contributed by atoms with Crippen molar-refractivity contribution in [1.29, 1.82) is 0 Å². The molecule has 4 heteroatoms. The first-order chi connectivity index (χ1) is 8.78. The van der Waals surface area contributed by atoms with Crippen LogP contribution in [0.1, 0.15) is 24.1 Å². The van der Waals surface area contributed by atoms with E-state index >= 15 is 0 Å². The lowest BCUT2D eigenvalue weighted by molar-refractivity contribution is 0.340. The van der Waals surface area contributed by atoms with Crippen LogP contribution in [-0.4, -0.2) is 11.6 Å². The van der Waals surface area contributed by atoms with Crippen molar-refractivity contribution < 1.29 is 9.15 Å². The third kappa shape index (κ3) is 3.60. The summed E-state index contributed by atoms with van der Waals surface area (Å²) >= 11 is 0. The number of nitrogens with zero attached hydrogens (tertiary/aromatic N) is 1. The Morgan fingerprint density at radius 3 is 2.94 bits per heavy atom. The topological polar surface area (TPSA) is 47.3 Å². The quantitative estimate of drug-likeness (QED) is 0.851. The van der Waals surface area contributed by atoms with Gasteiger partial charge in [0.15, 0.2) is 0 Å². The summed E-state index contributed by atoms with van der Waals surface area (Å²) in [6.07, 6.45) is 1.73. The van der Waals surface area contributed by atoms with Crippen LogP contribution in [-0.2, 0) is 13.1 Å². The Labute approximate surface area is 107 Å². The van der Waals surface area contributed by atoms with Gasteiger partial charge in [0.1, 0.15) is 11.5 Å². The highest BCUT2D eigenvalue weighted by molar-refractivity contribution is 5.28. The summed E-state index contributed by atoms with van der Waals surface area (Å²) < 4.78 is 10.8. The van der Waals surface area contributed by atoms with Crippen LogP contribution in [0, 0.1) is 6.92 Å². The van der Waals surface area contributed by atoms with Crippen LogP contribution in [0.15, 0.2) is 34.9 Å². The maximum Gasteiger partial charge on any atom is 0.208 e. The highest BCUT2D eigenvalue weighted by Gasteiger charge is 2.00. The Balaban J connectivity index is 1.84. The maximum atomic E-state index is 5.46. The summed E-state index contributed by atoms with van der Waals surface area (Å²) in [7, 11) is 0. The van der Waals surface area contributed by atoms with Crippen LogP contribution in [0.5, 0.6) is 5.75 Å². The number of nitrogens with one attached hydrogen (secondary N) is 1. The second-order valence-electron chi connectivity index (χ2n) is 4.05. The molecule has 4 nitrogen and oxygen atoms in total. The van der Waals surface area contributed by atoms with E-state index in [0.29, 0.717) is 19.0 Å². The Bertz CT molecular complexity index is 494. The number of benzene rings is 1. The van der Waals surface area contributed by atoms with Crippen molar-refractivity contribution >= 4 is 0 Å². The van der Waals surface area contributed by atoms with E-state index in [1.807, 2.05) is 32.0 Å². The minimum atomic E-state index is 0.632. The molecule has 18 heavy (non-hydrogen) atoms. The molecule has 0 amide bonds. The molecular formula is C14H18N2O2. The summed E-state index contributed by atoms with van der Waals surface area (Å²) in [5.74, 6) is 2.46. The molecule has 2 aromatic rings. The molecule has 0 radical (unpaired) electrons. The normalized spacial score (nSPS) is 10.6. The number of oxazole rings is 1. The molecule has 0 saturated carbocycles. The highest BCUT2D eigenvalue weighted by atomic mass is 16.5. The Hall–Kier alpha value is -1.81. The van der Waals surface area contributed by atoms with Gasteiger partial charge < -0.3 is 14.5 Å². The molecule has 0 fully saturated rings. The summed E-state index contributed by atoms with van der Waals surface area (Å²) in [5.41, 5.74) is 1.18. The van der Waals surface area contributed by atoms with E-state index in [4.69, 9.17) is 9.15 Å². The van der Waals surface area contributed by atoms with Crippen LogP contribution in [0.25, 0.3) is 0 Å². The molecule has 0 unspecified atom stereocenters. The summed E-state index contributed by atoms with van der Waals surface area (Å²) in [4.78, 5) is 4.14. The monoisotopic (exact) mass is 246 g/mol. The fourth-order valence-corrected chi connectivity index (χ4v) is 1.71. The van der Waals surface area contributed by atoms with E-state index in [1.54, 1.807) is 6.20 Å². The van der Waals surface area contributed by atoms with E-state index in [0.717, 1.165) is 18.1 Å². The fraction of sp³-hybridized carbons (Fsp3) is 0.357. The first-order valence-corrected chi connectivity index (χ1v) is 6.11. The predicted molar refractivity (Wildman–Crippen MR) is 69.4 cm³/mol. The average Bonchev–Trinajstić information content (AvgIpc) is 2.76. The smallest absolute Gasteiger partial charge is 0.208 e. The molecule has 1 heterocycles. The summed E-state index contributed by atoms with van der Waals surface area (Å²) in [6, 6.07) is 8.06. The standard InChI is InChI=1S/C14H18N2O2/c1-3-17-13-6-4-5-12(7-13)9-15-10-14-16-8-11(2)18-14/h4-8,15H,3,9-10H2,1-2H3. The number of rotatable bonds is 6.